The highest BCUT2D eigenvalue weighted by molar-refractivity contribution is 5.69. The van der Waals surface area contributed by atoms with E-state index in [1.807, 2.05) is 25.1 Å². The fourth-order valence-corrected chi connectivity index (χ4v) is 4.91. The average Bonchev–Trinajstić information content (AvgIpc) is 2.90. The predicted molar refractivity (Wildman–Crippen MR) is 159 cm³/mol. The molecule has 0 N–H and O–H groups in total. The van der Waals surface area contributed by atoms with Crippen LogP contribution in [-0.4, -0.2) is 37.4 Å². The van der Waals surface area contributed by atoms with Crippen LogP contribution in [0.25, 0.3) is 0 Å². The van der Waals surface area contributed by atoms with Crippen LogP contribution in [0.1, 0.15) is 108 Å². The third-order valence-corrected chi connectivity index (χ3v) is 7.20. The van der Waals surface area contributed by atoms with Gasteiger partial charge in [0.2, 0.25) is 6.29 Å². The number of benzene rings is 2. The van der Waals surface area contributed by atoms with Crippen LogP contribution in [0, 0.1) is 0 Å². The van der Waals surface area contributed by atoms with E-state index in [9.17, 15) is 4.79 Å². The SMILES string of the molecule is CCCCCCCCCCCCc1ccc(OC(CC)OC(=O)CCC[N+](C)(C)Cc2ccccc2)cc1. The number of aryl methyl sites for hydroxylation is 1. The van der Waals surface area contributed by atoms with E-state index < -0.39 is 6.29 Å². The molecule has 0 heterocycles. The van der Waals surface area contributed by atoms with Gasteiger partial charge in [-0.05, 0) is 30.5 Å². The van der Waals surface area contributed by atoms with Crippen LogP contribution in [-0.2, 0) is 22.5 Å². The lowest BCUT2D eigenvalue weighted by Gasteiger charge is -2.30. The van der Waals surface area contributed by atoms with Crippen LogP contribution >= 0.6 is 0 Å². The van der Waals surface area contributed by atoms with Crippen molar-refractivity contribution in [2.45, 2.75) is 117 Å². The van der Waals surface area contributed by atoms with Crippen molar-refractivity contribution < 1.29 is 18.8 Å². The maximum absolute atomic E-state index is 12.5. The third kappa shape index (κ3) is 14.6. The van der Waals surface area contributed by atoms with Crippen molar-refractivity contribution in [3.63, 3.8) is 0 Å². The molecular formula is C34H54NO3+. The Hall–Kier alpha value is -2.33. The average molecular weight is 525 g/mol. The predicted octanol–water partition coefficient (Wildman–Crippen LogP) is 8.86. The molecule has 0 bridgehead atoms. The number of nitrogens with zero attached hydrogens (tertiary/aromatic N) is 1. The summed E-state index contributed by atoms with van der Waals surface area (Å²) in [6.45, 7) is 6.13. The quantitative estimate of drug-likeness (QED) is 0.0708. The molecule has 0 aromatic heterocycles. The Labute approximate surface area is 233 Å². The lowest BCUT2D eigenvalue weighted by atomic mass is 10.0. The van der Waals surface area contributed by atoms with Crippen LogP contribution in [0.5, 0.6) is 5.75 Å². The Bertz CT molecular complexity index is 863. The molecule has 4 nitrogen and oxygen atoms in total. The molecular weight excluding hydrogens is 470 g/mol. The van der Waals surface area contributed by atoms with Gasteiger partial charge in [0.1, 0.15) is 12.3 Å². The van der Waals surface area contributed by atoms with Gasteiger partial charge in [0.15, 0.2) is 0 Å². The molecule has 0 saturated carbocycles. The Morgan fingerprint density at radius 2 is 1.34 bits per heavy atom. The van der Waals surface area contributed by atoms with E-state index >= 15 is 0 Å². The molecule has 0 spiro atoms. The van der Waals surface area contributed by atoms with Crippen molar-refractivity contribution in [1.29, 1.82) is 0 Å². The van der Waals surface area contributed by atoms with Gasteiger partial charge in [0.05, 0.1) is 27.1 Å². The lowest BCUT2D eigenvalue weighted by Crippen LogP contribution is -2.39. The van der Waals surface area contributed by atoms with E-state index in [1.54, 1.807) is 0 Å². The first kappa shape index (κ1) is 31.9. The fraction of sp³-hybridized carbons (Fsp3) is 0.618. The molecule has 0 aliphatic rings. The largest absolute Gasteiger partial charge is 0.455 e. The zero-order chi connectivity index (χ0) is 27.5. The van der Waals surface area contributed by atoms with E-state index in [1.165, 1.54) is 75.3 Å². The van der Waals surface area contributed by atoms with Crippen molar-refractivity contribution in [2.24, 2.45) is 0 Å². The van der Waals surface area contributed by atoms with Crippen molar-refractivity contribution in [3.05, 3.63) is 65.7 Å². The highest BCUT2D eigenvalue weighted by atomic mass is 16.7. The Balaban J connectivity index is 1.60. The van der Waals surface area contributed by atoms with Crippen molar-refractivity contribution >= 4 is 5.97 Å². The molecule has 2 aromatic rings. The lowest BCUT2D eigenvalue weighted by molar-refractivity contribution is -0.903. The number of hydrogen-bond donors (Lipinski definition) is 0. The topological polar surface area (TPSA) is 35.5 Å². The highest BCUT2D eigenvalue weighted by Crippen LogP contribution is 2.19. The summed E-state index contributed by atoms with van der Waals surface area (Å²) in [5.74, 6) is 0.575. The molecule has 0 saturated heterocycles. The summed E-state index contributed by atoms with van der Waals surface area (Å²) < 4.78 is 12.5. The molecule has 0 fully saturated rings. The summed E-state index contributed by atoms with van der Waals surface area (Å²) >= 11 is 0. The van der Waals surface area contributed by atoms with Gasteiger partial charge in [-0.25, -0.2) is 0 Å². The first-order valence-corrected chi connectivity index (χ1v) is 15.2. The number of carbonyl (C=O) groups excluding carboxylic acids is 1. The van der Waals surface area contributed by atoms with Gasteiger partial charge in [0.25, 0.3) is 0 Å². The van der Waals surface area contributed by atoms with Gasteiger partial charge in [-0.2, -0.15) is 0 Å². The van der Waals surface area contributed by atoms with Gasteiger partial charge in [0, 0.05) is 18.4 Å². The van der Waals surface area contributed by atoms with Crippen LogP contribution in [0.2, 0.25) is 0 Å². The number of hydrogen-bond acceptors (Lipinski definition) is 3. The fourth-order valence-electron chi connectivity index (χ4n) is 4.91. The van der Waals surface area contributed by atoms with Crippen molar-refractivity contribution in [3.8, 4) is 5.75 Å². The second kappa shape index (κ2) is 18.8. The summed E-state index contributed by atoms with van der Waals surface area (Å²) in [6.07, 6.45) is 16.0. The second-order valence-electron chi connectivity index (χ2n) is 11.4. The third-order valence-electron chi connectivity index (χ3n) is 7.20. The summed E-state index contributed by atoms with van der Waals surface area (Å²) in [5, 5.41) is 0. The smallest absolute Gasteiger partial charge is 0.309 e. The van der Waals surface area contributed by atoms with Gasteiger partial charge in [-0.15, -0.1) is 0 Å². The first-order chi connectivity index (χ1) is 18.4. The molecule has 0 aliphatic carbocycles. The van der Waals surface area contributed by atoms with Crippen molar-refractivity contribution in [2.75, 3.05) is 20.6 Å². The van der Waals surface area contributed by atoms with Crippen LogP contribution in [0.3, 0.4) is 0 Å². The van der Waals surface area contributed by atoms with E-state index in [2.05, 4.69) is 57.4 Å². The zero-order valence-electron chi connectivity index (χ0n) is 24.8. The van der Waals surface area contributed by atoms with Gasteiger partial charge < -0.3 is 14.0 Å². The number of esters is 1. The summed E-state index contributed by atoms with van der Waals surface area (Å²) in [4.78, 5) is 12.5. The minimum Gasteiger partial charge on any atom is -0.455 e. The number of rotatable bonds is 21. The first-order valence-electron chi connectivity index (χ1n) is 15.2. The number of carbonyl (C=O) groups is 1. The standard InChI is InChI=1S/C34H54NO3/c1-5-7-8-9-10-11-12-13-14-16-20-30-24-26-32(27-25-30)37-34(6-2)38-33(36)23-19-28-35(3,4)29-31-21-17-15-18-22-31/h15,17-18,21-22,24-27,34H,5-14,16,19-20,23,28-29H2,1-4H3/q+1. The molecule has 212 valence electrons. The number of quaternary nitrogens is 1. The molecule has 1 unspecified atom stereocenters. The molecule has 0 amide bonds. The second-order valence-corrected chi connectivity index (χ2v) is 11.4. The highest BCUT2D eigenvalue weighted by Gasteiger charge is 2.19. The van der Waals surface area contributed by atoms with Crippen LogP contribution < -0.4 is 4.74 Å². The summed E-state index contributed by atoms with van der Waals surface area (Å²) in [5.41, 5.74) is 2.66. The summed E-state index contributed by atoms with van der Waals surface area (Å²) in [6, 6.07) is 18.8. The Morgan fingerprint density at radius 1 is 0.737 bits per heavy atom. The Kier molecular flexibility index (Phi) is 15.8. The minimum atomic E-state index is -0.540. The number of ether oxygens (including phenoxy) is 2. The van der Waals surface area contributed by atoms with E-state index in [4.69, 9.17) is 9.47 Å². The monoisotopic (exact) mass is 524 g/mol. The zero-order valence-corrected chi connectivity index (χ0v) is 24.8. The van der Waals surface area contributed by atoms with E-state index in [0.717, 1.165) is 36.2 Å². The maximum atomic E-state index is 12.5. The molecule has 1 atom stereocenters. The normalized spacial score (nSPS) is 12.3. The maximum Gasteiger partial charge on any atom is 0.309 e. The molecule has 38 heavy (non-hydrogen) atoms. The molecule has 0 radical (unpaired) electrons. The number of unbranched alkanes of at least 4 members (excludes halogenated alkanes) is 9. The minimum absolute atomic E-state index is 0.186. The van der Waals surface area contributed by atoms with Crippen LogP contribution in [0.15, 0.2) is 54.6 Å². The van der Waals surface area contributed by atoms with Gasteiger partial charge in [-0.3, -0.25) is 4.79 Å². The molecule has 2 aromatic carbocycles. The molecule has 0 aliphatic heterocycles. The van der Waals surface area contributed by atoms with E-state index in [0.29, 0.717) is 12.8 Å². The van der Waals surface area contributed by atoms with E-state index in [-0.39, 0.29) is 5.97 Å². The Morgan fingerprint density at radius 3 is 1.95 bits per heavy atom. The van der Waals surface area contributed by atoms with Gasteiger partial charge >= 0.3 is 5.97 Å². The van der Waals surface area contributed by atoms with Crippen LogP contribution in [0.4, 0.5) is 0 Å². The van der Waals surface area contributed by atoms with Gasteiger partial charge in [-0.1, -0.05) is 114 Å². The molecule has 4 heteroatoms. The van der Waals surface area contributed by atoms with Crippen molar-refractivity contribution in [1.82, 2.24) is 0 Å². The summed E-state index contributed by atoms with van der Waals surface area (Å²) in [7, 11) is 4.41. The molecule has 2 rings (SSSR count).